The van der Waals surface area contributed by atoms with Crippen molar-refractivity contribution in [3.05, 3.63) is 47.1 Å². The summed E-state index contributed by atoms with van der Waals surface area (Å²) in [5.41, 5.74) is 0.674. The van der Waals surface area contributed by atoms with E-state index in [0.29, 0.717) is 17.0 Å². The van der Waals surface area contributed by atoms with Crippen LogP contribution in [-0.4, -0.2) is 9.38 Å². The normalized spacial score (nSPS) is 11.7. The number of nitrogens with zero attached hydrogens (tertiary/aromatic N) is 3. The molecule has 21 heavy (non-hydrogen) atoms. The summed E-state index contributed by atoms with van der Waals surface area (Å²) in [6.07, 6.45) is -3.44. The van der Waals surface area contributed by atoms with Gasteiger partial charge in [-0.05, 0) is 23.6 Å². The zero-order valence-electron chi connectivity index (χ0n) is 10.6. The van der Waals surface area contributed by atoms with E-state index in [4.69, 9.17) is 5.26 Å². The van der Waals surface area contributed by atoms with Gasteiger partial charge >= 0.3 is 6.18 Å². The van der Waals surface area contributed by atoms with Crippen LogP contribution in [0.1, 0.15) is 11.3 Å². The third-order valence-corrected chi connectivity index (χ3v) is 3.92. The topological polar surface area (TPSA) is 41.1 Å². The lowest BCUT2D eigenvalue weighted by molar-refractivity contribution is -0.137. The van der Waals surface area contributed by atoms with E-state index in [2.05, 4.69) is 4.98 Å². The molecular weight excluding hydrogens is 299 g/mol. The van der Waals surface area contributed by atoms with Crippen molar-refractivity contribution in [1.82, 2.24) is 9.38 Å². The average Bonchev–Trinajstić information content (AvgIpc) is 3.05. The van der Waals surface area contributed by atoms with Gasteiger partial charge in [0.2, 0.25) is 0 Å². The Kier molecular flexibility index (Phi) is 3.18. The van der Waals surface area contributed by atoms with Crippen molar-refractivity contribution in [2.75, 3.05) is 0 Å². The summed E-state index contributed by atoms with van der Waals surface area (Å²) in [7, 11) is 0. The van der Waals surface area contributed by atoms with Crippen LogP contribution in [0.4, 0.5) is 13.2 Å². The van der Waals surface area contributed by atoms with Gasteiger partial charge in [-0.25, -0.2) is 4.98 Å². The molecule has 3 aromatic rings. The van der Waals surface area contributed by atoms with Gasteiger partial charge in [0.25, 0.3) is 0 Å². The highest BCUT2D eigenvalue weighted by Crippen LogP contribution is 2.32. The van der Waals surface area contributed by atoms with Crippen LogP contribution in [0.25, 0.3) is 16.2 Å². The number of rotatable bonds is 2. The smallest absolute Gasteiger partial charge is 0.302 e. The number of halogens is 3. The van der Waals surface area contributed by atoms with Crippen LogP contribution in [0.15, 0.2) is 35.8 Å². The standard InChI is InChI=1S/C14H8F3N3S/c15-14(16,17)9-3-4-12-19-13(11-2-1-7-21-11)10(5-6-18)20(12)8-9/h1-4,7-8H,5H2. The summed E-state index contributed by atoms with van der Waals surface area (Å²) in [6.45, 7) is 0. The number of aromatic nitrogens is 2. The maximum absolute atomic E-state index is 12.8. The van der Waals surface area contributed by atoms with E-state index in [0.717, 1.165) is 17.1 Å². The van der Waals surface area contributed by atoms with Gasteiger partial charge in [0, 0.05) is 6.20 Å². The molecule has 0 spiro atoms. The molecule has 3 rings (SSSR count). The van der Waals surface area contributed by atoms with Crippen molar-refractivity contribution < 1.29 is 13.2 Å². The summed E-state index contributed by atoms with van der Waals surface area (Å²) in [6, 6.07) is 7.97. The highest BCUT2D eigenvalue weighted by atomic mass is 32.1. The van der Waals surface area contributed by atoms with Crippen molar-refractivity contribution in [2.45, 2.75) is 12.6 Å². The lowest BCUT2D eigenvalue weighted by Gasteiger charge is -2.07. The van der Waals surface area contributed by atoms with Crippen molar-refractivity contribution >= 4 is 17.0 Å². The molecule has 106 valence electrons. The van der Waals surface area contributed by atoms with E-state index >= 15 is 0 Å². The minimum absolute atomic E-state index is 0.00426. The lowest BCUT2D eigenvalue weighted by atomic mass is 10.2. The molecule has 0 aliphatic rings. The van der Waals surface area contributed by atoms with E-state index in [1.807, 2.05) is 23.6 Å². The van der Waals surface area contributed by atoms with Crippen molar-refractivity contribution in [3.63, 3.8) is 0 Å². The third-order valence-electron chi connectivity index (χ3n) is 3.05. The van der Waals surface area contributed by atoms with E-state index in [9.17, 15) is 13.2 Å². The molecule has 3 aromatic heterocycles. The van der Waals surface area contributed by atoms with E-state index in [-0.39, 0.29) is 6.42 Å². The molecule has 0 amide bonds. The highest BCUT2D eigenvalue weighted by molar-refractivity contribution is 7.13. The van der Waals surface area contributed by atoms with Gasteiger partial charge in [-0.2, -0.15) is 18.4 Å². The van der Waals surface area contributed by atoms with Crippen LogP contribution < -0.4 is 0 Å². The summed E-state index contributed by atoms with van der Waals surface area (Å²) in [5.74, 6) is 0. The Bertz CT molecular complexity index is 826. The molecule has 0 N–H and O–H groups in total. The average molecular weight is 307 g/mol. The van der Waals surface area contributed by atoms with Gasteiger partial charge in [0.1, 0.15) is 11.3 Å². The fourth-order valence-electron chi connectivity index (χ4n) is 2.12. The quantitative estimate of drug-likeness (QED) is 0.713. The Morgan fingerprint density at radius 1 is 1.29 bits per heavy atom. The Balaban J connectivity index is 2.27. The number of hydrogen-bond acceptors (Lipinski definition) is 3. The first-order valence-corrected chi connectivity index (χ1v) is 6.87. The molecule has 0 aliphatic carbocycles. The maximum Gasteiger partial charge on any atom is 0.417 e. The van der Waals surface area contributed by atoms with Gasteiger partial charge in [-0.3, -0.25) is 0 Å². The molecule has 0 aromatic carbocycles. The molecule has 0 unspecified atom stereocenters. The Labute approximate surface area is 121 Å². The SMILES string of the molecule is N#CCc1c(-c2cccs2)nc2ccc(C(F)(F)F)cn12. The molecule has 3 heterocycles. The molecule has 0 fully saturated rings. The van der Waals surface area contributed by atoms with Crippen LogP contribution in [0.3, 0.4) is 0 Å². The fourth-order valence-corrected chi connectivity index (χ4v) is 2.85. The number of thiophene rings is 1. The Hall–Kier alpha value is -2.33. The van der Waals surface area contributed by atoms with Crippen LogP contribution >= 0.6 is 11.3 Å². The summed E-state index contributed by atoms with van der Waals surface area (Å²) in [4.78, 5) is 5.18. The Morgan fingerprint density at radius 2 is 2.10 bits per heavy atom. The van der Waals surface area contributed by atoms with E-state index < -0.39 is 11.7 Å². The molecule has 0 radical (unpaired) electrons. The molecular formula is C14H8F3N3S. The third kappa shape index (κ3) is 2.38. The number of nitriles is 1. The number of pyridine rings is 1. The van der Waals surface area contributed by atoms with Crippen LogP contribution in [0.5, 0.6) is 0 Å². The lowest BCUT2D eigenvalue weighted by Crippen LogP contribution is -2.07. The molecule has 0 saturated carbocycles. The van der Waals surface area contributed by atoms with Crippen LogP contribution in [0, 0.1) is 11.3 Å². The first-order chi connectivity index (χ1) is 10.0. The molecule has 3 nitrogen and oxygen atoms in total. The predicted octanol–water partition coefficient (Wildman–Crippen LogP) is 4.15. The highest BCUT2D eigenvalue weighted by Gasteiger charge is 2.31. The summed E-state index contributed by atoms with van der Waals surface area (Å²) >= 11 is 1.43. The number of hydrogen-bond donors (Lipinski definition) is 0. The van der Waals surface area contributed by atoms with Gasteiger partial charge in [-0.15, -0.1) is 11.3 Å². The molecule has 0 atom stereocenters. The molecule has 0 aliphatic heterocycles. The second-order valence-corrected chi connectivity index (χ2v) is 5.31. The van der Waals surface area contributed by atoms with Gasteiger partial charge in [0.15, 0.2) is 0 Å². The zero-order valence-corrected chi connectivity index (χ0v) is 11.4. The summed E-state index contributed by atoms with van der Waals surface area (Å²) < 4.78 is 39.8. The second-order valence-electron chi connectivity index (χ2n) is 4.36. The number of alkyl halides is 3. The van der Waals surface area contributed by atoms with Gasteiger partial charge in [0.05, 0.1) is 28.6 Å². The monoisotopic (exact) mass is 307 g/mol. The molecule has 7 heteroatoms. The van der Waals surface area contributed by atoms with Crippen molar-refractivity contribution in [3.8, 4) is 16.6 Å². The van der Waals surface area contributed by atoms with E-state index in [1.54, 1.807) is 0 Å². The van der Waals surface area contributed by atoms with Crippen LogP contribution in [-0.2, 0) is 12.6 Å². The minimum Gasteiger partial charge on any atom is -0.302 e. The van der Waals surface area contributed by atoms with Crippen LogP contribution in [0.2, 0.25) is 0 Å². The first-order valence-electron chi connectivity index (χ1n) is 5.99. The number of fused-ring (bicyclic) bond motifs is 1. The second kappa shape index (κ2) is 4.90. The van der Waals surface area contributed by atoms with Crippen molar-refractivity contribution in [2.24, 2.45) is 0 Å². The maximum atomic E-state index is 12.8. The molecule has 0 bridgehead atoms. The predicted molar refractivity (Wildman–Crippen MR) is 72.8 cm³/mol. The number of imidazole rings is 1. The fraction of sp³-hybridized carbons (Fsp3) is 0.143. The largest absolute Gasteiger partial charge is 0.417 e. The van der Waals surface area contributed by atoms with Gasteiger partial charge < -0.3 is 4.40 Å². The minimum atomic E-state index is -4.43. The molecule has 0 saturated heterocycles. The van der Waals surface area contributed by atoms with Crippen molar-refractivity contribution in [1.29, 1.82) is 5.26 Å². The first kappa shape index (κ1) is 13.6. The van der Waals surface area contributed by atoms with E-state index in [1.165, 1.54) is 21.8 Å². The summed E-state index contributed by atoms with van der Waals surface area (Å²) in [5, 5.41) is 10.8. The zero-order chi connectivity index (χ0) is 15.0. The van der Waals surface area contributed by atoms with Gasteiger partial charge in [-0.1, -0.05) is 6.07 Å². The Morgan fingerprint density at radius 3 is 2.71 bits per heavy atom.